The molecule has 0 aliphatic carbocycles. The molecular formula is C30H33F3N2O2. The van der Waals surface area contributed by atoms with E-state index >= 15 is 0 Å². The number of morpholine rings is 1. The van der Waals surface area contributed by atoms with E-state index in [0.29, 0.717) is 19.6 Å². The molecule has 3 atom stereocenters. The minimum atomic E-state index is -4.68. The Morgan fingerprint density at radius 3 is 2.59 bits per heavy atom. The van der Waals surface area contributed by atoms with Crippen LogP contribution in [0.5, 0.6) is 0 Å². The lowest BCUT2D eigenvalue weighted by Gasteiger charge is -2.36. The van der Waals surface area contributed by atoms with Crippen LogP contribution in [0.25, 0.3) is 0 Å². The summed E-state index contributed by atoms with van der Waals surface area (Å²) in [7, 11) is 0. The van der Waals surface area contributed by atoms with Crippen molar-refractivity contribution in [2.75, 3.05) is 42.6 Å². The lowest BCUT2D eigenvalue weighted by atomic mass is 9.71. The number of aryl methyl sites for hydroxylation is 1. The molecular weight excluding hydrogens is 477 g/mol. The Hall–Kier alpha value is -3.03. The van der Waals surface area contributed by atoms with Crippen LogP contribution in [0, 0.1) is 6.92 Å². The third-order valence-corrected chi connectivity index (χ3v) is 7.59. The van der Waals surface area contributed by atoms with Crippen molar-refractivity contribution < 1.29 is 23.0 Å². The number of aliphatic hydroxyl groups is 1. The predicted molar refractivity (Wildman–Crippen MR) is 140 cm³/mol. The molecule has 0 radical (unpaired) electrons. The number of benzene rings is 3. The summed E-state index contributed by atoms with van der Waals surface area (Å²) in [5.74, 6) is 0. The van der Waals surface area contributed by atoms with E-state index in [-0.39, 0.29) is 6.10 Å². The molecule has 1 fully saturated rings. The molecule has 1 N–H and O–H groups in total. The number of nitrogens with zero attached hydrogens (tertiary/aromatic N) is 2. The third-order valence-electron chi connectivity index (χ3n) is 7.59. The molecule has 4 nitrogen and oxygen atoms in total. The first kappa shape index (κ1) is 25.6. The average molecular weight is 511 g/mol. The molecule has 2 heterocycles. The van der Waals surface area contributed by atoms with Crippen molar-refractivity contribution in [3.63, 3.8) is 0 Å². The van der Waals surface area contributed by atoms with Gasteiger partial charge in [0.05, 0.1) is 19.3 Å². The number of fused-ring (bicyclic) bond motifs is 1. The first-order valence-electron chi connectivity index (χ1n) is 12.8. The molecule has 1 saturated heterocycles. The Bertz CT molecular complexity index is 1250. The molecule has 2 aliphatic heterocycles. The molecule has 5 rings (SSSR count). The van der Waals surface area contributed by atoms with E-state index in [1.165, 1.54) is 0 Å². The number of para-hydroxylation sites is 1. The highest BCUT2D eigenvalue weighted by molar-refractivity contribution is 5.68. The molecule has 37 heavy (non-hydrogen) atoms. The molecule has 1 unspecified atom stereocenters. The monoisotopic (exact) mass is 510 g/mol. The van der Waals surface area contributed by atoms with Crippen molar-refractivity contribution in [3.05, 3.63) is 95.1 Å². The number of ether oxygens (including phenoxy) is 1. The number of β-amino-alcohol motifs (C(OH)–C–C–N with tert-alkyl or cyclic N) is 1. The van der Waals surface area contributed by atoms with Gasteiger partial charge in [0.25, 0.3) is 0 Å². The zero-order valence-corrected chi connectivity index (χ0v) is 21.2. The van der Waals surface area contributed by atoms with Gasteiger partial charge < -0.3 is 19.6 Å². The number of hydrogen-bond acceptors (Lipinski definition) is 4. The van der Waals surface area contributed by atoms with Gasteiger partial charge in [0.15, 0.2) is 6.10 Å². The fourth-order valence-corrected chi connectivity index (χ4v) is 5.85. The van der Waals surface area contributed by atoms with E-state index in [2.05, 4.69) is 42.2 Å². The molecule has 3 aromatic rings. The van der Waals surface area contributed by atoms with Gasteiger partial charge in [-0.2, -0.15) is 13.2 Å². The van der Waals surface area contributed by atoms with Crippen LogP contribution in [0.4, 0.5) is 24.5 Å². The zero-order chi connectivity index (χ0) is 26.2. The molecule has 196 valence electrons. The summed E-state index contributed by atoms with van der Waals surface area (Å²) in [6.45, 7) is 6.18. The maximum atomic E-state index is 13.4. The second kappa shape index (κ2) is 10.0. The highest BCUT2D eigenvalue weighted by atomic mass is 19.4. The van der Waals surface area contributed by atoms with Gasteiger partial charge >= 0.3 is 6.18 Å². The van der Waals surface area contributed by atoms with Gasteiger partial charge in [0.2, 0.25) is 0 Å². The summed E-state index contributed by atoms with van der Waals surface area (Å²) in [5.41, 5.74) is 5.55. The largest absolute Gasteiger partial charge is 0.416 e. The Morgan fingerprint density at radius 2 is 1.84 bits per heavy atom. The first-order chi connectivity index (χ1) is 17.7. The van der Waals surface area contributed by atoms with Crippen LogP contribution in [0.1, 0.15) is 29.2 Å². The van der Waals surface area contributed by atoms with Gasteiger partial charge in [0, 0.05) is 36.4 Å². The molecule has 0 spiro atoms. The molecule has 3 aromatic carbocycles. The summed E-state index contributed by atoms with van der Waals surface area (Å²) in [6, 6.07) is 24.4. The summed E-state index contributed by atoms with van der Waals surface area (Å²) in [5, 5.41) is 9.99. The van der Waals surface area contributed by atoms with E-state index < -0.39 is 24.2 Å². The fraction of sp³-hybridized carbons (Fsp3) is 0.400. The SMILES string of the molecule is Cc1cccc(CC2(c3cccc(N4CCO[C@H](C)C4)c3)CN(C[C@@H](O)C(F)(F)F)c3ccccc32)c1. The molecule has 7 heteroatoms. The predicted octanol–water partition coefficient (Wildman–Crippen LogP) is 5.49. The van der Waals surface area contributed by atoms with Crippen molar-refractivity contribution >= 4 is 11.4 Å². The summed E-state index contributed by atoms with van der Waals surface area (Å²) >= 11 is 0. The molecule has 0 aromatic heterocycles. The van der Waals surface area contributed by atoms with Gasteiger partial charge in [-0.3, -0.25) is 0 Å². The maximum Gasteiger partial charge on any atom is 0.416 e. The van der Waals surface area contributed by atoms with Crippen LogP contribution in [0.2, 0.25) is 0 Å². The number of halogens is 3. The normalized spacial score (nSPS) is 22.7. The van der Waals surface area contributed by atoms with Crippen LogP contribution < -0.4 is 9.80 Å². The summed E-state index contributed by atoms with van der Waals surface area (Å²) in [6.07, 6.45) is -6.33. The second-order valence-electron chi connectivity index (χ2n) is 10.4. The minimum absolute atomic E-state index is 0.130. The smallest absolute Gasteiger partial charge is 0.382 e. The van der Waals surface area contributed by atoms with Gasteiger partial charge in [-0.05, 0) is 55.2 Å². The lowest BCUT2D eigenvalue weighted by Crippen LogP contribution is -2.44. The number of alkyl halides is 3. The summed E-state index contributed by atoms with van der Waals surface area (Å²) in [4.78, 5) is 4.01. The third kappa shape index (κ3) is 5.20. The Morgan fingerprint density at radius 1 is 1.05 bits per heavy atom. The van der Waals surface area contributed by atoms with E-state index in [9.17, 15) is 18.3 Å². The summed E-state index contributed by atoms with van der Waals surface area (Å²) < 4.78 is 45.9. The number of hydrogen-bond donors (Lipinski definition) is 1. The van der Waals surface area contributed by atoms with Gasteiger partial charge in [-0.25, -0.2) is 0 Å². The quantitative estimate of drug-likeness (QED) is 0.476. The standard InChI is InChI=1S/C30H33F3N2O2/c1-21-7-5-8-23(15-21)17-29(24-9-6-10-25(16-24)34-13-14-37-22(2)18-34)20-35(19-28(36)30(31,32)33)27-12-4-3-11-26(27)29/h3-12,15-16,22,28,36H,13-14,17-20H2,1-2H3/t22-,28-,29?/m1/s1. The van der Waals surface area contributed by atoms with Crippen molar-refractivity contribution in [2.45, 2.75) is 44.1 Å². The molecule has 2 aliphatic rings. The highest BCUT2D eigenvalue weighted by Crippen LogP contribution is 2.48. The highest BCUT2D eigenvalue weighted by Gasteiger charge is 2.47. The molecule has 0 saturated carbocycles. The van der Waals surface area contributed by atoms with Crippen LogP contribution in [0.3, 0.4) is 0 Å². The Balaban J connectivity index is 1.61. The number of rotatable bonds is 6. The molecule has 0 amide bonds. The van der Waals surface area contributed by atoms with Crippen LogP contribution in [-0.2, 0) is 16.6 Å². The zero-order valence-electron chi connectivity index (χ0n) is 21.2. The number of aliphatic hydroxyl groups excluding tert-OH is 1. The Kier molecular flexibility index (Phi) is 6.94. The van der Waals surface area contributed by atoms with Crippen LogP contribution in [0.15, 0.2) is 72.8 Å². The first-order valence-corrected chi connectivity index (χ1v) is 12.8. The maximum absolute atomic E-state index is 13.4. The van der Waals surface area contributed by atoms with Crippen molar-refractivity contribution in [1.82, 2.24) is 0 Å². The van der Waals surface area contributed by atoms with Crippen molar-refractivity contribution in [2.24, 2.45) is 0 Å². The van der Waals surface area contributed by atoms with Gasteiger partial charge in [0.1, 0.15) is 0 Å². The van der Waals surface area contributed by atoms with E-state index in [1.54, 1.807) is 4.90 Å². The minimum Gasteiger partial charge on any atom is -0.382 e. The second-order valence-corrected chi connectivity index (χ2v) is 10.4. The van der Waals surface area contributed by atoms with Crippen LogP contribution in [-0.4, -0.2) is 56.3 Å². The lowest BCUT2D eigenvalue weighted by molar-refractivity contribution is -0.200. The van der Waals surface area contributed by atoms with E-state index in [1.807, 2.05) is 49.4 Å². The molecule has 0 bridgehead atoms. The van der Waals surface area contributed by atoms with Gasteiger partial charge in [-0.15, -0.1) is 0 Å². The van der Waals surface area contributed by atoms with Crippen molar-refractivity contribution in [3.8, 4) is 0 Å². The van der Waals surface area contributed by atoms with Crippen LogP contribution >= 0.6 is 0 Å². The average Bonchev–Trinajstić information content (AvgIpc) is 3.18. The van der Waals surface area contributed by atoms with Gasteiger partial charge in [-0.1, -0.05) is 60.2 Å². The topological polar surface area (TPSA) is 35.9 Å². The van der Waals surface area contributed by atoms with E-state index in [0.717, 1.165) is 46.7 Å². The number of anilines is 2. The van der Waals surface area contributed by atoms with E-state index in [4.69, 9.17) is 4.74 Å². The fourth-order valence-electron chi connectivity index (χ4n) is 5.85. The Labute approximate surface area is 216 Å². The van der Waals surface area contributed by atoms with Crippen molar-refractivity contribution in [1.29, 1.82) is 0 Å².